The molecule has 4 nitrogen and oxygen atoms in total. The van der Waals surface area contributed by atoms with Crippen LogP contribution in [0.5, 0.6) is 0 Å². The van der Waals surface area contributed by atoms with E-state index in [4.69, 9.17) is 5.26 Å². The lowest BCUT2D eigenvalue weighted by Gasteiger charge is -2.27. The van der Waals surface area contributed by atoms with E-state index in [9.17, 15) is 9.18 Å². The number of rotatable bonds is 8. The standard InChI is InChI=1S/C23H26FN3OS/c1-2-3-11-26(16-19-6-4-5-18(14-19)15-25)17-22(28)27-12-13-29-23(27)20-7-9-21(24)10-8-20/h4-10,14,23H,2-3,11-13,16-17H2,1H3/p+1/t23-/m1/s1. The number of thioether (sulfide) groups is 1. The molecule has 1 heterocycles. The number of halogens is 1. The van der Waals surface area contributed by atoms with Gasteiger partial charge >= 0.3 is 0 Å². The Morgan fingerprint density at radius 1 is 1.31 bits per heavy atom. The van der Waals surface area contributed by atoms with Crippen molar-refractivity contribution in [2.75, 3.05) is 25.4 Å². The van der Waals surface area contributed by atoms with Gasteiger partial charge in [-0.2, -0.15) is 5.26 Å². The van der Waals surface area contributed by atoms with E-state index in [-0.39, 0.29) is 17.1 Å². The number of quaternary nitrogens is 1. The van der Waals surface area contributed by atoms with Crippen LogP contribution < -0.4 is 4.90 Å². The minimum atomic E-state index is -0.260. The second kappa shape index (κ2) is 10.4. The van der Waals surface area contributed by atoms with Crippen molar-refractivity contribution < 1.29 is 14.1 Å². The quantitative estimate of drug-likeness (QED) is 0.725. The third-order valence-electron chi connectivity index (χ3n) is 5.16. The Bertz CT molecular complexity index is 865. The van der Waals surface area contributed by atoms with Crippen LogP contribution in [0.1, 0.15) is 41.8 Å². The maximum atomic E-state index is 13.3. The summed E-state index contributed by atoms with van der Waals surface area (Å²) in [6, 6.07) is 16.3. The van der Waals surface area contributed by atoms with Crippen molar-refractivity contribution in [2.24, 2.45) is 0 Å². The molecule has 0 bridgehead atoms. The fraction of sp³-hybridized carbons (Fsp3) is 0.391. The van der Waals surface area contributed by atoms with Gasteiger partial charge in [0.15, 0.2) is 6.54 Å². The fourth-order valence-corrected chi connectivity index (χ4v) is 4.93. The van der Waals surface area contributed by atoms with E-state index in [1.54, 1.807) is 30.0 Å². The second-order valence-electron chi connectivity index (χ2n) is 7.38. The Kier molecular flexibility index (Phi) is 7.68. The van der Waals surface area contributed by atoms with E-state index in [2.05, 4.69) is 13.0 Å². The van der Waals surface area contributed by atoms with E-state index < -0.39 is 0 Å². The molecule has 1 unspecified atom stereocenters. The summed E-state index contributed by atoms with van der Waals surface area (Å²) in [5, 5.41) is 9.09. The summed E-state index contributed by atoms with van der Waals surface area (Å²) in [6.45, 7) is 4.94. The van der Waals surface area contributed by atoms with Gasteiger partial charge in [0, 0.05) is 17.9 Å². The smallest absolute Gasteiger partial charge is 0.278 e. The third-order valence-corrected chi connectivity index (χ3v) is 6.42. The number of hydrogen-bond donors (Lipinski definition) is 1. The second-order valence-corrected chi connectivity index (χ2v) is 8.57. The number of amides is 1. The minimum Gasteiger partial charge on any atom is -0.323 e. The summed E-state index contributed by atoms with van der Waals surface area (Å²) in [7, 11) is 0. The van der Waals surface area contributed by atoms with Crippen LogP contribution in [0.4, 0.5) is 4.39 Å². The number of nitrogens with zero attached hydrogens (tertiary/aromatic N) is 2. The number of benzene rings is 2. The van der Waals surface area contributed by atoms with Crippen LogP contribution in [-0.2, 0) is 11.3 Å². The van der Waals surface area contributed by atoms with Crippen LogP contribution in [0.3, 0.4) is 0 Å². The summed E-state index contributed by atoms with van der Waals surface area (Å²) in [5.41, 5.74) is 2.70. The third kappa shape index (κ3) is 5.81. The molecule has 2 aromatic rings. The van der Waals surface area contributed by atoms with Crippen LogP contribution in [0, 0.1) is 17.1 Å². The average molecular weight is 413 g/mol. The molecule has 1 aliphatic heterocycles. The normalized spacial score (nSPS) is 17.1. The van der Waals surface area contributed by atoms with Gasteiger partial charge in [0.2, 0.25) is 0 Å². The highest BCUT2D eigenvalue weighted by Crippen LogP contribution is 2.37. The van der Waals surface area contributed by atoms with Gasteiger partial charge in [-0.15, -0.1) is 11.8 Å². The first-order valence-electron chi connectivity index (χ1n) is 10.1. The fourth-order valence-electron chi connectivity index (χ4n) is 3.65. The van der Waals surface area contributed by atoms with E-state index in [1.807, 2.05) is 23.1 Å². The van der Waals surface area contributed by atoms with Crippen molar-refractivity contribution in [1.29, 1.82) is 5.26 Å². The molecule has 1 aliphatic rings. The van der Waals surface area contributed by atoms with Gasteiger partial charge in [0.25, 0.3) is 5.91 Å². The van der Waals surface area contributed by atoms with Crippen LogP contribution in [-0.4, -0.2) is 36.2 Å². The van der Waals surface area contributed by atoms with Crippen molar-refractivity contribution in [3.05, 3.63) is 71.0 Å². The summed E-state index contributed by atoms with van der Waals surface area (Å²) in [4.78, 5) is 16.3. The number of unbranched alkanes of at least 4 members (excludes halogenated alkanes) is 1. The van der Waals surface area contributed by atoms with Gasteiger partial charge < -0.3 is 9.80 Å². The first-order valence-corrected chi connectivity index (χ1v) is 11.1. The largest absolute Gasteiger partial charge is 0.323 e. The molecule has 1 fully saturated rings. The van der Waals surface area contributed by atoms with Gasteiger partial charge in [-0.25, -0.2) is 4.39 Å². The molecule has 6 heteroatoms. The van der Waals surface area contributed by atoms with E-state index in [1.165, 1.54) is 17.0 Å². The highest BCUT2D eigenvalue weighted by Gasteiger charge is 2.32. The number of nitriles is 1. The van der Waals surface area contributed by atoms with Crippen molar-refractivity contribution >= 4 is 17.7 Å². The molecular formula is C23H27FN3OS+. The van der Waals surface area contributed by atoms with E-state index >= 15 is 0 Å². The van der Waals surface area contributed by atoms with E-state index in [0.29, 0.717) is 12.1 Å². The molecule has 2 atom stereocenters. The molecule has 1 saturated heterocycles. The van der Waals surface area contributed by atoms with Crippen molar-refractivity contribution in [3.63, 3.8) is 0 Å². The lowest BCUT2D eigenvalue weighted by molar-refractivity contribution is -0.906. The Balaban J connectivity index is 1.69. The predicted octanol–water partition coefficient (Wildman–Crippen LogP) is 3.16. The Hall–Kier alpha value is -2.36. The van der Waals surface area contributed by atoms with Crippen molar-refractivity contribution in [1.82, 2.24) is 4.90 Å². The number of carbonyl (C=O) groups is 1. The summed E-state index contributed by atoms with van der Waals surface area (Å²) in [5.74, 6) is 0.763. The lowest BCUT2D eigenvalue weighted by atomic mass is 10.1. The Morgan fingerprint density at radius 3 is 2.83 bits per heavy atom. The van der Waals surface area contributed by atoms with Gasteiger partial charge in [-0.05, 0) is 36.2 Å². The maximum absolute atomic E-state index is 13.3. The molecule has 0 radical (unpaired) electrons. The predicted molar refractivity (Wildman–Crippen MR) is 114 cm³/mol. The minimum absolute atomic E-state index is 0.0440. The first-order chi connectivity index (χ1) is 14.1. The van der Waals surface area contributed by atoms with Crippen LogP contribution >= 0.6 is 11.8 Å². The van der Waals surface area contributed by atoms with Gasteiger partial charge in [-0.1, -0.05) is 37.6 Å². The number of carbonyl (C=O) groups excluding carboxylic acids is 1. The monoisotopic (exact) mass is 412 g/mol. The number of nitrogens with one attached hydrogen (secondary N) is 1. The molecule has 3 rings (SSSR count). The molecule has 152 valence electrons. The number of hydrogen-bond acceptors (Lipinski definition) is 3. The summed E-state index contributed by atoms with van der Waals surface area (Å²) in [6.07, 6.45) is 2.13. The first kappa shape index (κ1) is 21.4. The zero-order valence-electron chi connectivity index (χ0n) is 16.7. The molecular weight excluding hydrogens is 385 g/mol. The molecule has 0 saturated carbocycles. The van der Waals surface area contributed by atoms with Crippen molar-refractivity contribution in [2.45, 2.75) is 31.7 Å². The van der Waals surface area contributed by atoms with Gasteiger partial charge in [-0.3, -0.25) is 4.79 Å². The highest BCUT2D eigenvalue weighted by molar-refractivity contribution is 7.99. The van der Waals surface area contributed by atoms with Gasteiger partial charge in [0.1, 0.15) is 17.7 Å². The molecule has 1 N–H and O–H groups in total. The zero-order valence-corrected chi connectivity index (χ0v) is 17.6. The summed E-state index contributed by atoms with van der Waals surface area (Å²) < 4.78 is 13.3. The van der Waals surface area contributed by atoms with E-state index in [0.717, 1.165) is 49.4 Å². The molecule has 2 aromatic carbocycles. The molecule has 29 heavy (non-hydrogen) atoms. The molecule has 0 spiro atoms. The van der Waals surface area contributed by atoms with Gasteiger partial charge in [0.05, 0.1) is 18.2 Å². The lowest BCUT2D eigenvalue weighted by Crippen LogP contribution is -3.12. The molecule has 1 amide bonds. The van der Waals surface area contributed by atoms with Crippen LogP contribution in [0.2, 0.25) is 0 Å². The van der Waals surface area contributed by atoms with Crippen LogP contribution in [0.25, 0.3) is 0 Å². The molecule has 0 aromatic heterocycles. The van der Waals surface area contributed by atoms with Crippen molar-refractivity contribution in [3.8, 4) is 6.07 Å². The Morgan fingerprint density at radius 2 is 2.10 bits per heavy atom. The van der Waals surface area contributed by atoms with Crippen LogP contribution in [0.15, 0.2) is 48.5 Å². The average Bonchev–Trinajstić information content (AvgIpc) is 3.22. The highest BCUT2D eigenvalue weighted by atomic mass is 32.2. The Labute approximate surface area is 176 Å². The SMILES string of the molecule is CCCC[NH+](CC(=O)N1CCS[C@@H]1c1ccc(F)cc1)Cc1cccc(C#N)c1. The molecule has 0 aliphatic carbocycles. The zero-order chi connectivity index (χ0) is 20.6. The topological polar surface area (TPSA) is 48.5 Å². The maximum Gasteiger partial charge on any atom is 0.278 e. The summed E-state index contributed by atoms with van der Waals surface area (Å²) >= 11 is 1.73.